The van der Waals surface area contributed by atoms with Gasteiger partial charge in [-0.3, -0.25) is 4.79 Å². The second-order valence-corrected chi connectivity index (χ2v) is 7.40. The maximum Gasteiger partial charge on any atom is 0.358 e. The van der Waals surface area contributed by atoms with Gasteiger partial charge >= 0.3 is 5.97 Å². The largest absolute Gasteiger partial charge is 0.497 e. The van der Waals surface area contributed by atoms with Gasteiger partial charge in [-0.15, -0.1) is 11.3 Å². The van der Waals surface area contributed by atoms with Crippen LogP contribution in [0.1, 0.15) is 37.5 Å². The van der Waals surface area contributed by atoms with E-state index in [1.807, 2.05) is 57.2 Å². The van der Waals surface area contributed by atoms with E-state index in [-0.39, 0.29) is 18.1 Å². The maximum absolute atomic E-state index is 12.5. The zero-order chi connectivity index (χ0) is 20.3. The fourth-order valence-electron chi connectivity index (χ4n) is 3.13. The summed E-state index contributed by atoms with van der Waals surface area (Å²) in [6.45, 7) is 5.45. The Morgan fingerprint density at radius 2 is 1.68 bits per heavy atom. The lowest BCUT2D eigenvalue weighted by atomic mass is 9.97. The highest BCUT2D eigenvalue weighted by Gasteiger charge is 2.18. The number of ketones is 1. The molecule has 0 saturated heterocycles. The maximum atomic E-state index is 12.5. The summed E-state index contributed by atoms with van der Waals surface area (Å²) in [6, 6.07) is 11.3. The third-order valence-corrected chi connectivity index (χ3v) is 5.23. The topological polar surface area (TPSA) is 65.5 Å². The first-order valence-electron chi connectivity index (χ1n) is 8.77. The Balaban J connectivity index is 1.67. The number of aromatic nitrogens is 1. The molecule has 0 spiro atoms. The van der Waals surface area contributed by atoms with E-state index in [4.69, 9.17) is 9.47 Å². The molecular weight excluding hydrogens is 374 g/mol. The molecule has 0 aliphatic heterocycles. The standard InChI is InChI=1S/C22H21NO4S/c1-13-9-14(2)20(15(3)10-13)19(24)11-27-22(25)18-12-28-21(23-18)16-5-7-17(26-4)8-6-16/h5-10,12H,11H2,1-4H3. The first-order chi connectivity index (χ1) is 13.4. The summed E-state index contributed by atoms with van der Waals surface area (Å²) < 4.78 is 10.3. The molecule has 0 saturated carbocycles. The first kappa shape index (κ1) is 19.8. The number of hydrogen-bond acceptors (Lipinski definition) is 6. The van der Waals surface area contributed by atoms with Crippen LogP contribution in [0.25, 0.3) is 10.6 Å². The van der Waals surface area contributed by atoms with Crippen molar-refractivity contribution < 1.29 is 19.1 Å². The highest BCUT2D eigenvalue weighted by Crippen LogP contribution is 2.26. The molecule has 3 rings (SSSR count). The summed E-state index contributed by atoms with van der Waals surface area (Å²) >= 11 is 1.34. The lowest BCUT2D eigenvalue weighted by Crippen LogP contribution is -2.16. The summed E-state index contributed by atoms with van der Waals surface area (Å²) in [7, 11) is 1.60. The van der Waals surface area contributed by atoms with Gasteiger partial charge in [0.25, 0.3) is 0 Å². The molecule has 2 aromatic carbocycles. The van der Waals surface area contributed by atoms with E-state index in [1.54, 1.807) is 12.5 Å². The van der Waals surface area contributed by atoms with Crippen LogP contribution in [-0.4, -0.2) is 30.5 Å². The van der Waals surface area contributed by atoms with Gasteiger partial charge in [0.2, 0.25) is 5.78 Å². The monoisotopic (exact) mass is 395 g/mol. The average molecular weight is 395 g/mol. The number of carbonyl (C=O) groups is 2. The Kier molecular flexibility index (Phi) is 5.90. The van der Waals surface area contributed by atoms with E-state index in [2.05, 4.69) is 4.98 Å². The number of nitrogens with zero attached hydrogens (tertiary/aromatic N) is 1. The van der Waals surface area contributed by atoms with Crippen molar-refractivity contribution in [1.82, 2.24) is 4.98 Å². The van der Waals surface area contributed by atoms with Crippen molar-refractivity contribution in [2.75, 3.05) is 13.7 Å². The zero-order valence-corrected chi connectivity index (χ0v) is 17.1. The van der Waals surface area contributed by atoms with Crippen LogP contribution in [0, 0.1) is 20.8 Å². The third-order valence-electron chi connectivity index (χ3n) is 4.34. The van der Waals surface area contributed by atoms with E-state index >= 15 is 0 Å². The van der Waals surface area contributed by atoms with Crippen LogP contribution >= 0.6 is 11.3 Å². The molecule has 0 bridgehead atoms. The van der Waals surface area contributed by atoms with Crippen LogP contribution < -0.4 is 4.74 Å². The summed E-state index contributed by atoms with van der Waals surface area (Å²) in [5.41, 5.74) is 4.54. The zero-order valence-electron chi connectivity index (χ0n) is 16.2. The molecule has 0 radical (unpaired) electrons. The van der Waals surface area contributed by atoms with Crippen LogP contribution in [0.2, 0.25) is 0 Å². The average Bonchev–Trinajstić information content (AvgIpc) is 3.15. The number of hydrogen-bond donors (Lipinski definition) is 0. The number of benzene rings is 2. The van der Waals surface area contributed by atoms with Crippen molar-refractivity contribution in [1.29, 1.82) is 0 Å². The highest BCUT2D eigenvalue weighted by atomic mass is 32.1. The predicted octanol–water partition coefficient (Wildman–Crippen LogP) is 4.78. The van der Waals surface area contributed by atoms with E-state index in [0.717, 1.165) is 28.0 Å². The van der Waals surface area contributed by atoms with Crippen LogP contribution in [-0.2, 0) is 4.74 Å². The van der Waals surface area contributed by atoms with Crippen molar-refractivity contribution in [3.63, 3.8) is 0 Å². The summed E-state index contributed by atoms with van der Waals surface area (Å²) in [5, 5.41) is 2.33. The van der Waals surface area contributed by atoms with Crippen molar-refractivity contribution in [3.8, 4) is 16.3 Å². The highest BCUT2D eigenvalue weighted by molar-refractivity contribution is 7.13. The van der Waals surface area contributed by atoms with E-state index in [1.165, 1.54) is 11.3 Å². The molecule has 1 aromatic heterocycles. The molecule has 144 valence electrons. The molecule has 0 N–H and O–H groups in total. The minimum atomic E-state index is -0.605. The molecule has 1 heterocycles. The summed E-state index contributed by atoms with van der Waals surface area (Å²) in [6.07, 6.45) is 0. The third kappa shape index (κ3) is 4.28. The molecule has 0 unspecified atom stereocenters. The summed E-state index contributed by atoms with van der Waals surface area (Å²) in [4.78, 5) is 29.1. The van der Waals surface area contributed by atoms with Gasteiger partial charge in [0, 0.05) is 16.5 Å². The van der Waals surface area contributed by atoms with Gasteiger partial charge in [0.15, 0.2) is 12.3 Å². The molecule has 0 amide bonds. The van der Waals surface area contributed by atoms with Crippen molar-refractivity contribution in [2.24, 2.45) is 0 Å². The Hall–Kier alpha value is -2.99. The lowest BCUT2D eigenvalue weighted by Gasteiger charge is -2.10. The van der Waals surface area contributed by atoms with Crippen molar-refractivity contribution in [2.45, 2.75) is 20.8 Å². The van der Waals surface area contributed by atoms with Crippen LogP contribution in [0.15, 0.2) is 41.8 Å². The Bertz CT molecular complexity index is 998. The normalized spacial score (nSPS) is 10.6. The molecule has 0 fully saturated rings. The minimum absolute atomic E-state index is 0.195. The number of Topliss-reactive ketones (excluding diaryl/α,β-unsaturated/α-hetero) is 1. The van der Waals surface area contributed by atoms with Gasteiger partial charge in [0.05, 0.1) is 7.11 Å². The molecule has 5 nitrogen and oxygen atoms in total. The van der Waals surface area contributed by atoms with Gasteiger partial charge < -0.3 is 9.47 Å². The Morgan fingerprint density at radius 1 is 1.04 bits per heavy atom. The number of methoxy groups -OCH3 is 1. The SMILES string of the molecule is COc1ccc(-c2nc(C(=O)OCC(=O)c3c(C)cc(C)cc3C)cs2)cc1. The molecule has 3 aromatic rings. The first-order valence-corrected chi connectivity index (χ1v) is 9.65. The predicted molar refractivity (Wildman–Crippen MR) is 109 cm³/mol. The van der Waals surface area contributed by atoms with Crippen LogP contribution in [0.4, 0.5) is 0 Å². The smallest absolute Gasteiger partial charge is 0.358 e. The van der Waals surface area contributed by atoms with Crippen LogP contribution in [0.3, 0.4) is 0 Å². The fourth-order valence-corrected chi connectivity index (χ4v) is 3.93. The lowest BCUT2D eigenvalue weighted by molar-refractivity contribution is 0.0469. The molecule has 0 aliphatic carbocycles. The van der Waals surface area contributed by atoms with Crippen molar-refractivity contribution in [3.05, 3.63) is 69.7 Å². The van der Waals surface area contributed by atoms with Crippen LogP contribution in [0.5, 0.6) is 5.75 Å². The van der Waals surface area contributed by atoms with E-state index in [0.29, 0.717) is 10.6 Å². The second kappa shape index (κ2) is 8.35. The second-order valence-electron chi connectivity index (χ2n) is 6.54. The number of rotatable bonds is 6. The molecule has 0 aliphatic rings. The Labute approximate surface area is 168 Å². The minimum Gasteiger partial charge on any atom is -0.497 e. The van der Waals surface area contributed by atoms with Crippen molar-refractivity contribution >= 4 is 23.1 Å². The van der Waals surface area contributed by atoms with Gasteiger partial charge in [-0.25, -0.2) is 9.78 Å². The van der Waals surface area contributed by atoms with Gasteiger partial charge in [-0.05, 0) is 56.2 Å². The number of thiazole rings is 1. The summed E-state index contributed by atoms with van der Waals surface area (Å²) in [5.74, 6) is -0.0686. The van der Waals surface area contributed by atoms with Gasteiger partial charge in [0.1, 0.15) is 10.8 Å². The van der Waals surface area contributed by atoms with Gasteiger partial charge in [-0.2, -0.15) is 0 Å². The number of ether oxygens (including phenoxy) is 2. The molecule has 0 atom stereocenters. The number of aryl methyl sites for hydroxylation is 3. The fraction of sp³-hybridized carbons (Fsp3) is 0.227. The molecular formula is C22H21NO4S. The Morgan fingerprint density at radius 3 is 2.29 bits per heavy atom. The number of carbonyl (C=O) groups excluding carboxylic acids is 2. The van der Waals surface area contributed by atoms with E-state index < -0.39 is 5.97 Å². The van der Waals surface area contributed by atoms with Gasteiger partial charge in [-0.1, -0.05) is 17.7 Å². The number of esters is 1. The van der Waals surface area contributed by atoms with E-state index in [9.17, 15) is 9.59 Å². The molecule has 6 heteroatoms. The molecule has 28 heavy (non-hydrogen) atoms. The quantitative estimate of drug-likeness (QED) is 0.444.